The minimum absolute atomic E-state index is 0.0454. The molecule has 1 aliphatic heterocycles. The normalized spacial score (nSPS) is 15.5. The van der Waals surface area contributed by atoms with Crippen molar-refractivity contribution < 1.29 is 26.7 Å². The lowest BCUT2D eigenvalue weighted by Gasteiger charge is -2.35. The third-order valence-electron chi connectivity index (χ3n) is 4.08. The lowest BCUT2D eigenvalue weighted by molar-refractivity contribution is -0.137. The number of benzene rings is 1. The van der Waals surface area contributed by atoms with Gasteiger partial charge in [0.05, 0.1) is 12.1 Å². The quantitative estimate of drug-likeness (QED) is 0.778. The molecule has 138 valence electrons. The Kier molecular flexibility index (Phi) is 4.80. The number of halogens is 5. The highest BCUT2D eigenvalue weighted by molar-refractivity contribution is 5.82. The first-order valence-electron chi connectivity index (χ1n) is 7.74. The summed E-state index contributed by atoms with van der Waals surface area (Å²) >= 11 is 0. The molecule has 4 nitrogen and oxygen atoms in total. The van der Waals surface area contributed by atoms with E-state index < -0.39 is 29.3 Å². The highest BCUT2D eigenvalue weighted by Gasteiger charge is 2.32. The average molecular weight is 371 g/mol. The topological polar surface area (TPSA) is 36.4 Å². The predicted molar refractivity (Wildman–Crippen MR) is 83.2 cm³/mol. The van der Waals surface area contributed by atoms with Gasteiger partial charge in [-0.25, -0.2) is 13.8 Å². The maximum absolute atomic E-state index is 13.7. The van der Waals surface area contributed by atoms with E-state index in [2.05, 4.69) is 4.98 Å². The summed E-state index contributed by atoms with van der Waals surface area (Å²) < 4.78 is 65.4. The van der Waals surface area contributed by atoms with Gasteiger partial charge in [-0.05, 0) is 30.3 Å². The molecule has 1 aliphatic rings. The number of amides is 1. The van der Waals surface area contributed by atoms with E-state index in [1.54, 1.807) is 0 Å². The van der Waals surface area contributed by atoms with Gasteiger partial charge in [0.2, 0.25) is 5.91 Å². The van der Waals surface area contributed by atoms with Crippen molar-refractivity contribution in [2.75, 3.05) is 24.5 Å². The summed E-state index contributed by atoms with van der Waals surface area (Å²) in [7, 11) is 0. The molecule has 0 aliphatic carbocycles. The number of hydrogen-bond donors (Lipinski definition) is 0. The molecule has 0 atom stereocenters. The fourth-order valence-corrected chi connectivity index (χ4v) is 2.71. The third-order valence-corrected chi connectivity index (χ3v) is 4.08. The minimum atomic E-state index is -4.50. The molecule has 1 aromatic carbocycles. The van der Waals surface area contributed by atoms with E-state index >= 15 is 0 Å². The molecule has 3 rings (SSSR count). The van der Waals surface area contributed by atoms with Crippen molar-refractivity contribution in [2.45, 2.75) is 12.7 Å². The Morgan fingerprint density at radius 3 is 2.54 bits per heavy atom. The van der Waals surface area contributed by atoms with E-state index in [0.717, 1.165) is 36.5 Å². The number of rotatable bonds is 3. The van der Waals surface area contributed by atoms with Crippen LogP contribution in [0.4, 0.5) is 27.8 Å². The summed E-state index contributed by atoms with van der Waals surface area (Å²) in [5, 5.41) is 0. The number of carbonyl (C=O) groups excluding carboxylic acids is 1. The van der Waals surface area contributed by atoms with Gasteiger partial charge >= 0.3 is 6.18 Å². The Balaban J connectivity index is 1.71. The van der Waals surface area contributed by atoms with E-state index in [9.17, 15) is 26.7 Å². The lowest BCUT2D eigenvalue weighted by Crippen LogP contribution is -2.50. The van der Waals surface area contributed by atoms with Crippen molar-refractivity contribution in [3.05, 3.63) is 59.3 Å². The summed E-state index contributed by atoms with van der Waals surface area (Å²) in [6.45, 7) is 0.0984. The molecule has 1 saturated heterocycles. The molecular formula is C17H14F5N3O. The molecule has 0 unspecified atom stereocenters. The molecule has 2 heterocycles. The van der Waals surface area contributed by atoms with Crippen LogP contribution in [0.5, 0.6) is 0 Å². The lowest BCUT2D eigenvalue weighted by atomic mass is 10.1. The third kappa shape index (κ3) is 3.92. The molecule has 0 spiro atoms. The van der Waals surface area contributed by atoms with Crippen LogP contribution >= 0.6 is 0 Å². The van der Waals surface area contributed by atoms with Gasteiger partial charge in [-0.1, -0.05) is 0 Å². The highest BCUT2D eigenvalue weighted by Crippen LogP contribution is 2.31. The van der Waals surface area contributed by atoms with Crippen molar-refractivity contribution in [3.63, 3.8) is 0 Å². The van der Waals surface area contributed by atoms with Crippen LogP contribution in [0.3, 0.4) is 0 Å². The molecule has 0 bridgehead atoms. The van der Waals surface area contributed by atoms with Crippen molar-refractivity contribution in [3.8, 4) is 0 Å². The molecule has 26 heavy (non-hydrogen) atoms. The Bertz CT molecular complexity index is 824. The first-order valence-corrected chi connectivity index (χ1v) is 7.74. The second-order valence-electron chi connectivity index (χ2n) is 5.87. The number of hydrogen-bond acceptors (Lipinski definition) is 3. The SMILES string of the molecule is O=C1CN(c2cc(C(F)(F)F)ccn2)CCN1Cc1cc(F)ccc1F. The van der Waals surface area contributed by atoms with Crippen molar-refractivity contribution in [1.29, 1.82) is 0 Å². The zero-order chi connectivity index (χ0) is 18.9. The van der Waals surface area contributed by atoms with Crippen LogP contribution in [0.25, 0.3) is 0 Å². The first-order chi connectivity index (χ1) is 12.2. The number of pyridine rings is 1. The highest BCUT2D eigenvalue weighted by atomic mass is 19.4. The van der Waals surface area contributed by atoms with Gasteiger partial charge in [-0.15, -0.1) is 0 Å². The van der Waals surface area contributed by atoms with Gasteiger partial charge < -0.3 is 9.80 Å². The van der Waals surface area contributed by atoms with Crippen molar-refractivity contribution in [1.82, 2.24) is 9.88 Å². The molecule has 1 fully saturated rings. The Hall–Kier alpha value is -2.71. The maximum atomic E-state index is 13.7. The van der Waals surface area contributed by atoms with Crippen molar-refractivity contribution in [2.24, 2.45) is 0 Å². The predicted octanol–water partition coefficient (Wildman–Crippen LogP) is 3.23. The monoisotopic (exact) mass is 371 g/mol. The largest absolute Gasteiger partial charge is 0.416 e. The maximum Gasteiger partial charge on any atom is 0.416 e. The minimum Gasteiger partial charge on any atom is -0.346 e. The standard InChI is InChI=1S/C17H14F5N3O/c18-13-1-2-14(19)11(7-13)9-25-6-5-24(10-16(25)26)15-8-12(3-4-23-15)17(20,21)22/h1-4,7-8H,5-6,9-10H2. The summed E-state index contributed by atoms with van der Waals surface area (Å²) in [6.07, 6.45) is -3.46. The number of alkyl halides is 3. The summed E-state index contributed by atoms with van der Waals surface area (Å²) in [4.78, 5) is 18.9. The van der Waals surface area contributed by atoms with E-state index in [1.165, 1.54) is 9.80 Å². The van der Waals surface area contributed by atoms with E-state index in [0.29, 0.717) is 0 Å². The fraction of sp³-hybridized carbons (Fsp3) is 0.294. The van der Waals surface area contributed by atoms with E-state index in [-0.39, 0.29) is 37.6 Å². The van der Waals surface area contributed by atoms with E-state index in [1.807, 2.05) is 0 Å². The summed E-state index contributed by atoms with van der Waals surface area (Å²) in [5.74, 6) is -1.59. The molecule has 0 N–H and O–H groups in total. The zero-order valence-corrected chi connectivity index (χ0v) is 13.4. The van der Waals surface area contributed by atoms with Gasteiger partial charge in [-0.3, -0.25) is 4.79 Å². The smallest absolute Gasteiger partial charge is 0.346 e. The number of anilines is 1. The van der Waals surface area contributed by atoms with Gasteiger partial charge in [0.15, 0.2) is 0 Å². The van der Waals surface area contributed by atoms with Gasteiger partial charge in [0.25, 0.3) is 0 Å². The Labute approximate surface area is 145 Å². The van der Waals surface area contributed by atoms with Crippen LogP contribution in [0.2, 0.25) is 0 Å². The molecular weight excluding hydrogens is 357 g/mol. The Morgan fingerprint density at radius 2 is 1.85 bits per heavy atom. The van der Waals surface area contributed by atoms with Crippen LogP contribution in [0, 0.1) is 11.6 Å². The van der Waals surface area contributed by atoms with Crippen LogP contribution in [0.1, 0.15) is 11.1 Å². The fourth-order valence-electron chi connectivity index (χ4n) is 2.71. The number of nitrogens with zero attached hydrogens (tertiary/aromatic N) is 3. The molecule has 1 amide bonds. The van der Waals surface area contributed by atoms with Crippen LogP contribution in [-0.4, -0.2) is 35.4 Å². The second kappa shape index (κ2) is 6.89. The van der Waals surface area contributed by atoms with E-state index in [4.69, 9.17) is 0 Å². The molecule has 2 aromatic rings. The summed E-state index contributed by atoms with van der Waals surface area (Å²) in [5.41, 5.74) is -0.803. The first kappa shape index (κ1) is 18.1. The second-order valence-corrected chi connectivity index (χ2v) is 5.87. The number of aromatic nitrogens is 1. The molecule has 1 aromatic heterocycles. The average Bonchev–Trinajstić information content (AvgIpc) is 2.59. The van der Waals surface area contributed by atoms with Crippen LogP contribution < -0.4 is 4.90 Å². The van der Waals surface area contributed by atoms with Crippen LogP contribution in [0.15, 0.2) is 36.5 Å². The van der Waals surface area contributed by atoms with Gasteiger partial charge in [0, 0.05) is 31.4 Å². The molecule has 0 saturated carbocycles. The molecule has 9 heteroatoms. The molecule has 0 radical (unpaired) electrons. The number of carbonyl (C=O) groups is 1. The number of piperazine rings is 1. The van der Waals surface area contributed by atoms with Gasteiger partial charge in [-0.2, -0.15) is 13.2 Å². The Morgan fingerprint density at radius 1 is 1.08 bits per heavy atom. The van der Waals surface area contributed by atoms with Crippen LogP contribution in [-0.2, 0) is 17.5 Å². The summed E-state index contributed by atoms with van der Waals surface area (Å²) in [6, 6.07) is 4.72. The van der Waals surface area contributed by atoms with Crippen molar-refractivity contribution >= 4 is 11.7 Å². The van der Waals surface area contributed by atoms with Gasteiger partial charge in [0.1, 0.15) is 17.5 Å². The zero-order valence-electron chi connectivity index (χ0n) is 13.4.